The average molecular weight is 780 g/mol. The number of hydrogen-bond donors (Lipinski definition) is 3. The fourth-order valence-corrected chi connectivity index (χ4v) is 8.94. The number of carbonyl (C=O) groups is 4. The van der Waals surface area contributed by atoms with Gasteiger partial charge in [-0.2, -0.15) is 0 Å². The van der Waals surface area contributed by atoms with Crippen LogP contribution in [-0.2, 0) is 9.59 Å². The van der Waals surface area contributed by atoms with Crippen molar-refractivity contribution in [2.24, 2.45) is 11.7 Å². The summed E-state index contributed by atoms with van der Waals surface area (Å²) in [5.41, 5.74) is 7.93. The molecule has 5 saturated heterocycles. The van der Waals surface area contributed by atoms with Crippen LogP contribution in [0.1, 0.15) is 73.3 Å². The van der Waals surface area contributed by atoms with Gasteiger partial charge in [-0.25, -0.2) is 19.7 Å². The van der Waals surface area contributed by atoms with Crippen LogP contribution >= 0.6 is 0 Å². The largest absolute Gasteiger partial charge is 0.479 e. The number of imide groups is 1. The third-order valence-electron chi connectivity index (χ3n) is 12.3. The molecule has 0 aliphatic carbocycles. The predicted molar refractivity (Wildman–Crippen MR) is 215 cm³/mol. The number of likely N-dealkylation sites (N-methyl/N-ethyl adjacent to an activating group) is 1. The van der Waals surface area contributed by atoms with Crippen LogP contribution in [0.3, 0.4) is 0 Å². The van der Waals surface area contributed by atoms with Crippen LogP contribution in [0, 0.1) is 5.92 Å². The van der Waals surface area contributed by atoms with Gasteiger partial charge in [0, 0.05) is 71.4 Å². The van der Waals surface area contributed by atoms with Crippen molar-refractivity contribution in [3.8, 4) is 5.75 Å². The molecule has 5 fully saturated rings. The molecule has 2 aromatic heterocycles. The van der Waals surface area contributed by atoms with Gasteiger partial charge in [0.15, 0.2) is 17.6 Å². The number of amides is 5. The number of hydrogen-bond acceptors (Lipinski definition) is 12. The zero-order valence-electron chi connectivity index (χ0n) is 32.6. The molecule has 5 amide bonds. The lowest BCUT2D eigenvalue weighted by atomic mass is 9.88. The standard InChI is InChI=1S/C41H53N11O5/c1-48-21-22-52(41(48)56)31-3-2-16-51(26-31)35-24-44-37(38(42)54)39(46-35)45-30-6-4-28(5-7-30)29-14-17-49(18-15-29)25-27-12-19-50(20-13-27)34-10-8-32(23-43-34)57-33-9-11-36(53)47-40(33)55/h4-8,10,23-24,27,29,31,33H,2-3,9,11-22,25-26H2,1H3,(H2,42,54)(H,45,46)(H,47,53,55)/t31-,33?/m1/s1. The van der Waals surface area contributed by atoms with Crippen molar-refractivity contribution in [1.82, 2.24) is 35.0 Å². The summed E-state index contributed by atoms with van der Waals surface area (Å²) in [4.78, 5) is 73.1. The summed E-state index contributed by atoms with van der Waals surface area (Å²) in [5.74, 6) is 2.28. The zero-order valence-corrected chi connectivity index (χ0v) is 32.6. The van der Waals surface area contributed by atoms with Crippen molar-refractivity contribution in [2.75, 3.05) is 81.1 Å². The molecule has 4 N–H and O–H groups in total. The molecule has 7 heterocycles. The number of anilines is 4. The molecule has 16 nitrogen and oxygen atoms in total. The monoisotopic (exact) mass is 779 g/mol. The van der Waals surface area contributed by atoms with E-state index in [1.807, 2.05) is 36.2 Å². The summed E-state index contributed by atoms with van der Waals surface area (Å²) >= 11 is 0. The second-order valence-corrected chi connectivity index (χ2v) is 16.1. The first-order valence-corrected chi connectivity index (χ1v) is 20.4. The highest BCUT2D eigenvalue weighted by Gasteiger charge is 2.35. The number of pyridine rings is 1. The van der Waals surface area contributed by atoms with Crippen LogP contribution < -0.4 is 30.9 Å². The Morgan fingerprint density at radius 2 is 1.65 bits per heavy atom. The Bertz CT molecular complexity index is 1930. The predicted octanol–water partition coefficient (Wildman–Crippen LogP) is 3.33. The van der Waals surface area contributed by atoms with Crippen LogP contribution in [0.2, 0.25) is 0 Å². The molecule has 0 saturated carbocycles. The van der Waals surface area contributed by atoms with E-state index < -0.39 is 17.9 Å². The number of nitrogens with two attached hydrogens (primary N) is 1. The van der Waals surface area contributed by atoms with E-state index in [-0.39, 0.29) is 30.1 Å². The summed E-state index contributed by atoms with van der Waals surface area (Å²) in [5, 5.41) is 5.64. The first-order valence-electron chi connectivity index (χ1n) is 20.4. The molecule has 1 aromatic carbocycles. The van der Waals surface area contributed by atoms with E-state index in [4.69, 9.17) is 15.5 Å². The van der Waals surface area contributed by atoms with Gasteiger partial charge in [0.1, 0.15) is 17.4 Å². The van der Waals surface area contributed by atoms with E-state index in [9.17, 15) is 19.2 Å². The second-order valence-electron chi connectivity index (χ2n) is 16.1. The number of rotatable bonds is 11. The number of nitrogens with zero attached hydrogens (tertiary/aromatic N) is 8. The van der Waals surface area contributed by atoms with Crippen LogP contribution in [0.15, 0.2) is 48.8 Å². The summed E-state index contributed by atoms with van der Waals surface area (Å²) in [6.45, 7) is 8.10. The van der Waals surface area contributed by atoms with Gasteiger partial charge in [0.05, 0.1) is 18.4 Å². The maximum Gasteiger partial charge on any atom is 0.320 e. The van der Waals surface area contributed by atoms with Crippen molar-refractivity contribution in [1.29, 1.82) is 0 Å². The molecule has 5 aliphatic heterocycles. The Kier molecular flexibility index (Phi) is 11.4. The number of piperidine rings is 4. The zero-order chi connectivity index (χ0) is 39.5. The normalized spacial score (nSPS) is 22.9. The van der Waals surface area contributed by atoms with Gasteiger partial charge in [0.25, 0.3) is 11.8 Å². The third kappa shape index (κ3) is 8.90. The lowest BCUT2D eigenvalue weighted by Crippen LogP contribution is -2.49. The van der Waals surface area contributed by atoms with Crippen molar-refractivity contribution >= 4 is 46.9 Å². The minimum absolute atomic E-state index is 0.0718. The minimum atomic E-state index is -0.665. The van der Waals surface area contributed by atoms with Crippen molar-refractivity contribution in [3.63, 3.8) is 0 Å². The SMILES string of the molecule is CN1CCN([C@@H]2CCCN(c3cnc(C(N)=O)c(Nc4ccc(C5CCN(CC6CCN(c7ccc(OC8CCC(=O)NC8=O)cn7)CC6)CC5)cc4)n3)C2)C1=O. The molecule has 5 aliphatic rings. The number of urea groups is 1. The first kappa shape index (κ1) is 38.4. The maximum atomic E-state index is 12.7. The summed E-state index contributed by atoms with van der Waals surface area (Å²) in [7, 11) is 1.84. The van der Waals surface area contributed by atoms with Gasteiger partial charge < -0.3 is 40.3 Å². The highest BCUT2D eigenvalue weighted by Crippen LogP contribution is 2.32. The Morgan fingerprint density at radius 3 is 2.33 bits per heavy atom. The quantitative estimate of drug-likeness (QED) is 0.242. The Morgan fingerprint density at radius 1 is 0.860 bits per heavy atom. The number of nitrogens with one attached hydrogen (secondary N) is 2. The topological polar surface area (TPSA) is 182 Å². The molecule has 57 heavy (non-hydrogen) atoms. The first-order chi connectivity index (χ1) is 27.7. The molecular weight excluding hydrogens is 727 g/mol. The smallest absolute Gasteiger partial charge is 0.320 e. The Balaban J connectivity index is 0.795. The van der Waals surface area contributed by atoms with E-state index in [1.54, 1.807) is 17.3 Å². The van der Waals surface area contributed by atoms with Crippen LogP contribution in [-0.4, -0.2) is 132 Å². The third-order valence-corrected chi connectivity index (χ3v) is 12.3. The fraction of sp³-hybridized carbons (Fsp3) is 0.537. The number of ether oxygens (including phenoxy) is 1. The molecule has 0 radical (unpaired) electrons. The van der Waals surface area contributed by atoms with Gasteiger partial charge in [-0.05, 0) is 93.3 Å². The van der Waals surface area contributed by atoms with Crippen molar-refractivity contribution in [3.05, 3.63) is 60.0 Å². The fourth-order valence-electron chi connectivity index (χ4n) is 8.94. The maximum absolute atomic E-state index is 12.7. The number of primary amides is 1. The van der Waals surface area contributed by atoms with Gasteiger partial charge in [-0.3, -0.25) is 19.7 Å². The molecule has 8 rings (SSSR count). The average Bonchev–Trinajstić information content (AvgIpc) is 3.57. The van der Waals surface area contributed by atoms with Crippen LogP contribution in [0.5, 0.6) is 5.75 Å². The Hall–Kier alpha value is -5.51. The molecule has 1 unspecified atom stereocenters. The molecule has 0 bridgehead atoms. The molecular formula is C41H53N11O5. The summed E-state index contributed by atoms with van der Waals surface area (Å²) in [6, 6.07) is 12.4. The van der Waals surface area contributed by atoms with E-state index in [1.165, 1.54) is 5.56 Å². The highest BCUT2D eigenvalue weighted by atomic mass is 16.5. The van der Waals surface area contributed by atoms with E-state index in [0.717, 1.165) is 102 Å². The molecule has 2 atom stereocenters. The molecule has 3 aromatic rings. The van der Waals surface area contributed by atoms with Gasteiger partial charge in [-0.1, -0.05) is 12.1 Å². The highest BCUT2D eigenvalue weighted by molar-refractivity contribution is 6.00. The molecule has 16 heteroatoms. The number of carbonyl (C=O) groups excluding carboxylic acids is 4. The van der Waals surface area contributed by atoms with Gasteiger partial charge in [-0.15, -0.1) is 0 Å². The molecule has 0 spiro atoms. The number of benzene rings is 1. The lowest BCUT2D eigenvalue weighted by molar-refractivity contribution is -0.138. The van der Waals surface area contributed by atoms with Crippen LogP contribution in [0.25, 0.3) is 0 Å². The van der Waals surface area contributed by atoms with Crippen molar-refractivity contribution in [2.45, 2.75) is 69.4 Å². The van der Waals surface area contributed by atoms with Gasteiger partial charge in [0.2, 0.25) is 5.91 Å². The lowest BCUT2D eigenvalue weighted by Gasteiger charge is -2.38. The Labute approximate surface area is 333 Å². The van der Waals surface area contributed by atoms with Gasteiger partial charge >= 0.3 is 6.03 Å². The summed E-state index contributed by atoms with van der Waals surface area (Å²) < 4.78 is 5.79. The van der Waals surface area contributed by atoms with E-state index in [0.29, 0.717) is 42.2 Å². The van der Waals surface area contributed by atoms with Crippen molar-refractivity contribution < 1.29 is 23.9 Å². The van der Waals surface area contributed by atoms with Crippen LogP contribution in [0.4, 0.5) is 27.9 Å². The number of likely N-dealkylation sites (tertiary alicyclic amines) is 1. The second kappa shape index (κ2) is 16.9. The minimum Gasteiger partial charge on any atom is -0.479 e. The van der Waals surface area contributed by atoms with E-state index in [2.05, 4.69) is 47.4 Å². The van der Waals surface area contributed by atoms with E-state index >= 15 is 0 Å². The molecule has 302 valence electrons. The number of aromatic nitrogens is 3. The summed E-state index contributed by atoms with van der Waals surface area (Å²) in [6.07, 6.45) is 9.59.